The molecule has 3 aromatic rings. The van der Waals surface area contributed by atoms with E-state index in [-0.39, 0.29) is 0 Å². The van der Waals surface area contributed by atoms with Gasteiger partial charge in [-0.25, -0.2) is 4.68 Å². The van der Waals surface area contributed by atoms with Crippen LogP contribution in [0.4, 0.5) is 5.82 Å². The zero-order valence-electron chi connectivity index (χ0n) is 11.5. The van der Waals surface area contributed by atoms with Crippen molar-refractivity contribution in [3.8, 4) is 22.7 Å². The number of nitrogens with two attached hydrogens (primary N) is 1. The van der Waals surface area contributed by atoms with Crippen LogP contribution in [-0.4, -0.2) is 16.9 Å². The van der Waals surface area contributed by atoms with Gasteiger partial charge in [0.25, 0.3) is 0 Å². The minimum Gasteiger partial charge on any atom is -0.497 e. The number of hydrogen-bond donors (Lipinski definition) is 1. The first-order valence-corrected chi connectivity index (χ1v) is 6.81. The summed E-state index contributed by atoms with van der Waals surface area (Å²) in [6.45, 7) is 0. The van der Waals surface area contributed by atoms with Crippen LogP contribution in [0.5, 0.6) is 5.75 Å². The monoisotopic (exact) mass is 299 g/mol. The van der Waals surface area contributed by atoms with Gasteiger partial charge in [-0.2, -0.15) is 5.10 Å². The van der Waals surface area contributed by atoms with Gasteiger partial charge in [0.15, 0.2) is 0 Å². The Bertz CT molecular complexity index is 783. The van der Waals surface area contributed by atoms with Crippen LogP contribution in [0.3, 0.4) is 0 Å². The van der Waals surface area contributed by atoms with E-state index in [0.717, 1.165) is 22.7 Å². The molecule has 2 aromatic carbocycles. The van der Waals surface area contributed by atoms with Crippen LogP contribution in [-0.2, 0) is 0 Å². The Labute approximate surface area is 127 Å². The summed E-state index contributed by atoms with van der Waals surface area (Å²) in [5.41, 5.74) is 8.62. The lowest BCUT2D eigenvalue weighted by Gasteiger charge is -2.04. The van der Waals surface area contributed by atoms with Crippen LogP contribution in [0, 0.1) is 0 Å². The molecule has 0 bridgehead atoms. The van der Waals surface area contributed by atoms with Crippen LogP contribution >= 0.6 is 11.6 Å². The molecule has 5 heteroatoms. The summed E-state index contributed by atoms with van der Waals surface area (Å²) < 4.78 is 6.90. The summed E-state index contributed by atoms with van der Waals surface area (Å²) >= 11 is 6.01. The molecule has 0 saturated carbocycles. The number of nitrogen functional groups attached to an aromatic ring is 1. The largest absolute Gasteiger partial charge is 0.497 e. The molecule has 0 radical (unpaired) electrons. The Morgan fingerprint density at radius 2 is 1.90 bits per heavy atom. The smallest absolute Gasteiger partial charge is 0.127 e. The molecule has 0 aliphatic rings. The third-order valence-corrected chi connectivity index (χ3v) is 3.39. The van der Waals surface area contributed by atoms with Gasteiger partial charge in [-0.15, -0.1) is 0 Å². The molecule has 0 aliphatic carbocycles. The van der Waals surface area contributed by atoms with Gasteiger partial charge in [-0.05, 0) is 30.3 Å². The van der Waals surface area contributed by atoms with Gasteiger partial charge in [0, 0.05) is 16.7 Å². The molecule has 1 aromatic heterocycles. The molecule has 0 amide bonds. The highest BCUT2D eigenvalue weighted by atomic mass is 35.5. The van der Waals surface area contributed by atoms with Gasteiger partial charge in [-0.1, -0.05) is 29.8 Å². The highest BCUT2D eigenvalue weighted by Crippen LogP contribution is 2.26. The number of anilines is 1. The Kier molecular flexibility index (Phi) is 3.54. The molecule has 4 nitrogen and oxygen atoms in total. The van der Waals surface area contributed by atoms with Crippen molar-refractivity contribution in [1.29, 1.82) is 0 Å². The van der Waals surface area contributed by atoms with Crippen molar-refractivity contribution in [2.24, 2.45) is 0 Å². The maximum absolute atomic E-state index is 6.06. The van der Waals surface area contributed by atoms with Crippen LogP contribution in [0.2, 0.25) is 5.02 Å². The fourth-order valence-corrected chi connectivity index (χ4v) is 2.32. The van der Waals surface area contributed by atoms with E-state index in [4.69, 9.17) is 22.1 Å². The van der Waals surface area contributed by atoms with Gasteiger partial charge >= 0.3 is 0 Å². The highest BCUT2D eigenvalue weighted by Gasteiger charge is 2.09. The summed E-state index contributed by atoms with van der Waals surface area (Å²) in [4.78, 5) is 0. The first-order chi connectivity index (χ1) is 10.2. The van der Waals surface area contributed by atoms with E-state index in [2.05, 4.69) is 5.10 Å². The predicted octanol–water partition coefficient (Wildman–Crippen LogP) is 3.78. The minimum atomic E-state index is 0.551. The summed E-state index contributed by atoms with van der Waals surface area (Å²) in [7, 11) is 1.64. The van der Waals surface area contributed by atoms with E-state index in [1.807, 2.05) is 54.6 Å². The summed E-state index contributed by atoms with van der Waals surface area (Å²) in [6, 6.07) is 16.9. The van der Waals surface area contributed by atoms with E-state index in [1.54, 1.807) is 11.8 Å². The molecule has 0 atom stereocenters. The number of methoxy groups -OCH3 is 1. The lowest BCUT2D eigenvalue weighted by molar-refractivity contribution is 0.415. The van der Waals surface area contributed by atoms with Crippen molar-refractivity contribution >= 4 is 17.4 Å². The third kappa shape index (κ3) is 2.71. The second kappa shape index (κ2) is 5.50. The Balaban J connectivity index is 2.05. The van der Waals surface area contributed by atoms with Crippen LogP contribution in [0.1, 0.15) is 0 Å². The number of nitrogens with zero attached hydrogens (tertiary/aromatic N) is 2. The van der Waals surface area contributed by atoms with E-state index in [9.17, 15) is 0 Å². The first kappa shape index (κ1) is 13.5. The van der Waals surface area contributed by atoms with Crippen molar-refractivity contribution in [3.63, 3.8) is 0 Å². The molecular weight excluding hydrogens is 286 g/mol. The second-order valence-corrected chi connectivity index (χ2v) is 5.01. The molecule has 2 N–H and O–H groups in total. The molecule has 0 saturated heterocycles. The second-order valence-electron chi connectivity index (χ2n) is 4.58. The summed E-state index contributed by atoms with van der Waals surface area (Å²) in [5.74, 6) is 1.33. The number of hydrogen-bond acceptors (Lipinski definition) is 3. The van der Waals surface area contributed by atoms with Gasteiger partial charge in [0.2, 0.25) is 0 Å². The molecule has 0 aliphatic heterocycles. The standard InChI is InChI=1S/C16H14ClN3O/c1-21-14-7-2-4-11(8-14)15-10-16(18)20(19-15)13-6-3-5-12(17)9-13/h2-10H,18H2,1H3. The van der Waals surface area contributed by atoms with E-state index in [1.165, 1.54) is 0 Å². The average molecular weight is 300 g/mol. The molecule has 0 unspecified atom stereocenters. The lowest BCUT2D eigenvalue weighted by atomic mass is 10.1. The fourth-order valence-electron chi connectivity index (χ4n) is 2.13. The Hall–Kier alpha value is -2.46. The zero-order valence-corrected chi connectivity index (χ0v) is 12.2. The fraction of sp³-hybridized carbons (Fsp3) is 0.0625. The molecule has 106 valence electrons. The van der Waals surface area contributed by atoms with Crippen molar-refractivity contribution in [2.45, 2.75) is 0 Å². The Morgan fingerprint density at radius 1 is 1.10 bits per heavy atom. The van der Waals surface area contributed by atoms with Gasteiger partial charge in [-0.3, -0.25) is 0 Å². The Morgan fingerprint density at radius 3 is 2.67 bits per heavy atom. The van der Waals surface area contributed by atoms with Gasteiger partial charge < -0.3 is 10.5 Å². The van der Waals surface area contributed by atoms with E-state index in [0.29, 0.717) is 10.8 Å². The number of benzene rings is 2. The molecule has 3 rings (SSSR count). The van der Waals surface area contributed by atoms with Gasteiger partial charge in [0.1, 0.15) is 11.6 Å². The van der Waals surface area contributed by atoms with Crippen LogP contribution in [0.15, 0.2) is 54.6 Å². The minimum absolute atomic E-state index is 0.551. The molecule has 0 fully saturated rings. The van der Waals surface area contributed by atoms with Crippen molar-refractivity contribution in [1.82, 2.24) is 9.78 Å². The number of aromatic nitrogens is 2. The van der Waals surface area contributed by atoms with E-state index < -0.39 is 0 Å². The summed E-state index contributed by atoms with van der Waals surface area (Å²) in [6.07, 6.45) is 0. The number of halogens is 1. The van der Waals surface area contributed by atoms with E-state index >= 15 is 0 Å². The van der Waals surface area contributed by atoms with Crippen molar-refractivity contribution < 1.29 is 4.74 Å². The van der Waals surface area contributed by atoms with Crippen molar-refractivity contribution in [3.05, 3.63) is 59.6 Å². The van der Waals surface area contributed by atoms with Crippen molar-refractivity contribution in [2.75, 3.05) is 12.8 Å². The molecule has 21 heavy (non-hydrogen) atoms. The van der Waals surface area contributed by atoms with Crippen LogP contribution in [0.25, 0.3) is 16.9 Å². The normalized spacial score (nSPS) is 10.6. The lowest BCUT2D eigenvalue weighted by Crippen LogP contribution is -2.01. The predicted molar refractivity (Wildman–Crippen MR) is 85.0 cm³/mol. The number of rotatable bonds is 3. The first-order valence-electron chi connectivity index (χ1n) is 6.43. The maximum Gasteiger partial charge on any atom is 0.127 e. The third-order valence-electron chi connectivity index (χ3n) is 3.16. The molecule has 0 spiro atoms. The summed E-state index contributed by atoms with van der Waals surface area (Å²) in [5, 5.41) is 5.19. The topological polar surface area (TPSA) is 53.1 Å². The quantitative estimate of drug-likeness (QED) is 0.800. The van der Waals surface area contributed by atoms with Crippen LogP contribution < -0.4 is 10.5 Å². The van der Waals surface area contributed by atoms with Gasteiger partial charge in [0.05, 0.1) is 18.5 Å². The highest BCUT2D eigenvalue weighted by molar-refractivity contribution is 6.30. The maximum atomic E-state index is 6.06. The SMILES string of the molecule is COc1cccc(-c2cc(N)n(-c3cccc(Cl)c3)n2)c1. The average Bonchev–Trinajstić information content (AvgIpc) is 2.89. The molecule has 1 heterocycles. The zero-order chi connectivity index (χ0) is 14.8. The molecular formula is C16H14ClN3O. The number of ether oxygens (including phenoxy) is 1.